The molecule has 11 rings (SSSR count). The fourth-order valence-corrected chi connectivity index (χ4v) is 8.13. The highest BCUT2D eigenvalue weighted by atomic mass is 16.3. The average molecular weight is 678 g/mol. The van der Waals surface area contributed by atoms with Gasteiger partial charge in [0.25, 0.3) is 0 Å². The molecule has 3 heterocycles. The van der Waals surface area contributed by atoms with Crippen molar-refractivity contribution in [2.75, 3.05) is 0 Å². The van der Waals surface area contributed by atoms with Gasteiger partial charge >= 0.3 is 0 Å². The fraction of sp³-hybridized carbons (Fsp3) is 0. The van der Waals surface area contributed by atoms with Gasteiger partial charge in [-0.2, -0.15) is 0 Å². The van der Waals surface area contributed by atoms with Crippen LogP contribution in [0.15, 0.2) is 192 Å². The molecule has 0 amide bonds. The third kappa shape index (κ3) is 4.59. The molecule has 4 heteroatoms. The molecule has 8 aromatic carbocycles. The lowest BCUT2D eigenvalue weighted by atomic mass is 9.99. The van der Waals surface area contributed by atoms with Crippen LogP contribution in [0.1, 0.15) is 0 Å². The van der Waals surface area contributed by atoms with Crippen molar-refractivity contribution in [1.82, 2.24) is 14.1 Å². The van der Waals surface area contributed by atoms with Crippen molar-refractivity contribution in [3.63, 3.8) is 0 Å². The van der Waals surface area contributed by atoms with E-state index in [0.29, 0.717) is 0 Å². The summed E-state index contributed by atoms with van der Waals surface area (Å²) in [5.41, 5.74) is 13.9. The number of hydrogen-bond acceptors (Lipinski definition) is 2. The normalized spacial score (nSPS) is 11.8. The van der Waals surface area contributed by atoms with Crippen LogP contribution in [0.25, 0.3) is 99.8 Å². The van der Waals surface area contributed by atoms with Crippen LogP contribution in [-0.2, 0) is 0 Å². The van der Waals surface area contributed by atoms with Gasteiger partial charge in [-0.25, -0.2) is 4.98 Å². The second kappa shape index (κ2) is 11.7. The number of nitrogens with zero attached hydrogens (tertiary/aromatic N) is 3. The van der Waals surface area contributed by atoms with Crippen molar-refractivity contribution in [3.8, 4) is 45.0 Å². The Morgan fingerprint density at radius 3 is 1.68 bits per heavy atom. The maximum atomic E-state index is 6.79. The standard InChI is InChI=1S/C49H31N3O/c1-3-13-32(14-4-1)37-18-11-20-40-41-21-12-19-38(48(41)53-47(37)40)34-27-30-45-42(31-34)39-17-7-9-23-44(39)51(45)36-28-25-33(26-29-36)49-50-43-22-8-10-24-46(43)52(49)35-15-5-2-6-16-35/h1-31H. The summed E-state index contributed by atoms with van der Waals surface area (Å²) in [5.74, 6) is 0.923. The number of para-hydroxylation sites is 6. The van der Waals surface area contributed by atoms with E-state index in [0.717, 1.165) is 83.5 Å². The highest BCUT2D eigenvalue weighted by Crippen LogP contribution is 2.42. The maximum Gasteiger partial charge on any atom is 0.145 e. The summed E-state index contributed by atoms with van der Waals surface area (Å²) in [6, 6.07) is 66.5. The summed E-state index contributed by atoms with van der Waals surface area (Å²) in [6.07, 6.45) is 0. The Balaban J connectivity index is 1.05. The highest BCUT2D eigenvalue weighted by molar-refractivity contribution is 6.15. The van der Waals surface area contributed by atoms with Crippen molar-refractivity contribution in [2.24, 2.45) is 0 Å². The third-order valence-electron chi connectivity index (χ3n) is 10.6. The van der Waals surface area contributed by atoms with Gasteiger partial charge in [0.05, 0.1) is 22.1 Å². The molecule has 0 N–H and O–H groups in total. The van der Waals surface area contributed by atoms with Crippen molar-refractivity contribution in [1.29, 1.82) is 0 Å². The molecule has 53 heavy (non-hydrogen) atoms. The number of rotatable bonds is 5. The fourth-order valence-electron chi connectivity index (χ4n) is 8.13. The van der Waals surface area contributed by atoms with Gasteiger partial charge in [0.1, 0.15) is 17.0 Å². The van der Waals surface area contributed by atoms with Gasteiger partial charge in [0.15, 0.2) is 0 Å². The molecule has 0 unspecified atom stereocenters. The van der Waals surface area contributed by atoms with Crippen LogP contribution in [-0.4, -0.2) is 14.1 Å². The summed E-state index contributed by atoms with van der Waals surface area (Å²) in [5, 5.41) is 4.66. The Morgan fingerprint density at radius 2 is 0.925 bits per heavy atom. The summed E-state index contributed by atoms with van der Waals surface area (Å²) in [6.45, 7) is 0. The first-order valence-electron chi connectivity index (χ1n) is 18.0. The zero-order valence-electron chi connectivity index (χ0n) is 28.6. The number of benzene rings is 8. The summed E-state index contributed by atoms with van der Waals surface area (Å²) < 4.78 is 11.4. The molecular formula is C49H31N3O. The lowest BCUT2D eigenvalue weighted by molar-refractivity contribution is 0.671. The second-order valence-electron chi connectivity index (χ2n) is 13.6. The summed E-state index contributed by atoms with van der Waals surface area (Å²) >= 11 is 0. The van der Waals surface area contributed by atoms with E-state index in [9.17, 15) is 0 Å². The molecule has 0 aliphatic heterocycles. The minimum Gasteiger partial charge on any atom is -0.455 e. The van der Waals surface area contributed by atoms with Gasteiger partial charge < -0.3 is 8.98 Å². The van der Waals surface area contributed by atoms with E-state index in [1.54, 1.807) is 0 Å². The summed E-state index contributed by atoms with van der Waals surface area (Å²) in [4.78, 5) is 5.09. The first-order chi connectivity index (χ1) is 26.3. The number of furan rings is 1. The van der Waals surface area contributed by atoms with Crippen molar-refractivity contribution >= 4 is 54.8 Å². The SMILES string of the molecule is c1ccc(-c2cccc3c2oc2c(-c4ccc5c(c4)c4ccccc4n5-c4ccc(-c5nc6ccccc6n5-c5ccccc5)cc4)cccc23)cc1. The van der Waals surface area contributed by atoms with Crippen LogP contribution in [0, 0.1) is 0 Å². The van der Waals surface area contributed by atoms with Gasteiger partial charge in [-0.3, -0.25) is 4.57 Å². The minimum absolute atomic E-state index is 0.908. The maximum absolute atomic E-state index is 6.79. The van der Waals surface area contributed by atoms with Crippen LogP contribution in [0.2, 0.25) is 0 Å². The lowest BCUT2D eigenvalue weighted by Gasteiger charge is -2.12. The molecule has 3 aromatic heterocycles. The predicted octanol–water partition coefficient (Wildman–Crippen LogP) is 13.0. The van der Waals surface area contributed by atoms with Crippen molar-refractivity contribution in [2.45, 2.75) is 0 Å². The Kier molecular flexibility index (Phi) is 6.52. The Bertz CT molecular complexity index is 3150. The molecule has 0 saturated heterocycles. The van der Waals surface area contributed by atoms with E-state index < -0.39 is 0 Å². The highest BCUT2D eigenvalue weighted by Gasteiger charge is 2.19. The van der Waals surface area contributed by atoms with Crippen molar-refractivity contribution < 1.29 is 4.42 Å². The van der Waals surface area contributed by atoms with Crippen LogP contribution in [0.5, 0.6) is 0 Å². The van der Waals surface area contributed by atoms with E-state index in [4.69, 9.17) is 9.40 Å². The van der Waals surface area contributed by atoms with Gasteiger partial charge in [0.2, 0.25) is 0 Å². The molecule has 248 valence electrons. The monoisotopic (exact) mass is 677 g/mol. The molecule has 11 aromatic rings. The molecule has 0 bridgehead atoms. The minimum atomic E-state index is 0.908. The Morgan fingerprint density at radius 1 is 0.358 bits per heavy atom. The molecule has 0 spiro atoms. The van der Waals surface area contributed by atoms with E-state index in [1.165, 1.54) is 16.3 Å². The quantitative estimate of drug-likeness (QED) is 0.182. The molecule has 0 aliphatic carbocycles. The average Bonchev–Trinajstić information content (AvgIpc) is 3.91. The molecule has 0 saturated carbocycles. The molecule has 0 radical (unpaired) electrons. The van der Waals surface area contributed by atoms with Gasteiger partial charge in [-0.05, 0) is 77.9 Å². The first kappa shape index (κ1) is 29.5. The van der Waals surface area contributed by atoms with Crippen LogP contribution in [0.4, 0.5) is 0 Å². The first-order valence-corrected chi connectivity index (χ1v) is 18.0. The third-order valence-corrected chi connectivity index (χ3v) is 10.6. The Labute approximate surface area is 305 Å². The molecule has 0 atom stereocenters. The number of aromatic nitrogens is 3. The molecule has 0 fully saturated rings. The van der Waals surface area contributed by atoms with Crippen LogP contribution < -0.4 is 0 Å². The van der Waals surface area contributed by atoms with Crippen LogP contribution >= 0.6 is 0 Å². The van der Waals surface area contributed by atoms with Gasteiger partial charge in [-0.1, -0.05) is 121 Å². The zero-order valence-corrected chi connectivity index (χ0v) is 28.6. The molecule has 0 aliphatic rings. The van der Waals surface area contributed by atoms with Crippen LogP contribution in [0.3, 0.4) is 0 Å². The largest absolute Gasteiger partial charge is 0.455 e. The van der Waals surface area contributed by atoms with E-state index in [1.807, 2.05) is 18.2 Å². The number of hydrogen-bond donors (Lipinski definition) is 0. The van der Waals surface area contributed by atoms with Crippen molar-refractivity contribution in [3.05, 3.63) is 188 Å². The van der Waals surface area contributed by atoms with E-state index >= 15 is 0 Å². The lowest BCUT2D eigenvalue weighted by Crippen LogP contribution is -1.98. The van der Waals surface area contributed by atoms with Gasteiger partial charge in [-0.15, -0.1) is 0 Å². The predicted molar refractivity (Wildman–Crippen MR) is 219 cm³/mol. The molecular weight excluding hydrogens is 647 g/mol. The number of fused-ring (bicyclic) bond motifs is 7. The zero-order chi connectivity index (χ0) is 34.9. The smallest absolute Gasteiger partial charge is 0.145 e. The van der Waals surface area contributed by atoms with E-state index in [2.05, 4.69) is 179 Å². The molecule has 4 nitrogen and oxygen atoms in total. The Hall–Kier alpha value is -7.17. The van der Waals surface area contributed by atoms with Gasteiger partial charge in [0, 0.05) is 49.6 Å². The van der Waals surface area contributed by atoms with E-state index in [-0.39, 0.29) is 0 Å². The summed E-state index contributed by atoms with van der Waals surface area (Å²) in [7, 11) is 0. The number of imidazole rings is 1. The topological polar surface area (TPSA) is 35.9 Å². The second-order valence-corrected chi connectivity index (χ2v) is 13.6.